The molecule has 0 amide bonds. The smallest absolute Gasteiger partial charge is 0.306 e. The summed E-state index contributed by atoms with van der Waals surface area (Å²) in [5.41, 5.74) is 0. The Labute approximate surface area is 122 Å². The average molecular weight is 286 g/mol. The number of carbonyl (C=O) groups is 2. The highest BCUT2D eigenvalue weighted by Crippen LogP contribution is 2.20. The summed E-state index contributed by atoms with van der Waals surface area (Å²) in [7, 11) is 0. The molecule has 0 aromatic heterocycles. The van der Waals surface area contributed by atoms with Gasteiger partial charge in [0, 0.05) is 0 Å². The quantitative estimate of drug-likeness (QED) is 0.494. The lowest BCUT2D eigenvalue weighted by Crippen LogP contribution is -2.21. The second-order valence-electron chi connectivity index (χ2n) is 5.77. The van der Waals surface area contributed by atoms with E-state index >= 15 is 0 Å². The molecule has 2 atom stereocenters. The van der Waals surface area contributed by atoms with Crippen LogP contribution in [0.1, 0.15) is 78.1 Å². The molecule has 4 heteroatoms. The van der Waals surface area contributed by atoms with Gasteiger partial charge in [-0.25, -0.2) is 0 Å². The summed E-state index contributed by atoms with van der Waals surface area (Å²) in [5, 5.41) is 17.9. The second-order valence-corrected chi connectivity index (χ2v) is 5.77. The van der Waals surface area contributed by atoms with Crippen molar-refractivity contribution in [2.75, 3.05) is 0 Å². The molecule has 0 radical (unpaired) electrons. The summed E-state index contributed by atoms with van der Waals surface area (Å²) in [5.74, 6) is -2.86. The minimum Gasteiger partial charge on any atom is -0.481 e. The van der Waals surface area contributed by atoms with Crippen LogP contribution in [-0.4, -0.2) is 22.2 Å². The van der Waals surface area contributed by atoms with Gasteiger partial charge in [-0.1, -0.05) is 65.2 Å². The summed E-state index contributed by atoms with van der Waals surface area (Å²) in [6.45, 7) is 3.77. The Hall–Kier alpha value is -1.06. The largest absolute Gasteiger partial charge is 0.481 e. The molecule has 4 nitrogen and oxygen atoms in total. The molecule has 0 aromatic carbocycles. The third kappa shape index (κ3) is 9.82. The zero-order chi connectivity index (χ0) is 15.4. The Morgan fingerprint density at radius 1 is 0.850 bits per heavy atom. The standard InChI is InChI=1S/C16H30O4/c1-3-4-5-6-7-8-9-10-11-14(16(19)20)12-13(2)15(17)18/h13-14H,3-12H2,1-2H3,(H,17,18)(H,19,20). The zero-order valence-corrected chi connectivity index (χ0v) is 12.9. The van der Waals surface area contributed by atoms with Gasteiger partial charge in [0.1, 0.15) is 0 Å². The molecule has 2 unspecified atom stereocenters. The van der Waals surface area contributed by atoms with Crippen molar-refractivity contribution in [3.05, 3.63) is 0 Å². The summed E-state index contributed by atoms with van der Waals surface area (Å²) in [6.07, 6.45) is 10.3. The number of hydrogen-bond acceptors (Lipinski definition) is 2. The number of rotatable bonds is 13. The first kappa shape index (κ1) is 18.9. The van der Waals surface area contributed by atoms with E-state index in [1.165, 1.54) is 32.1 Å². The predicted molar refractivity (Wildman–Crippen MR) is 79.8 cm³/mol. The predicted octanol–water partition coefficient (Wildman–Crippen LogP) is 4.33. The second kappa shape index (κ2) is 11.7. The van der Waals surface area contributed by atoms with Gasteiger partial charge >= 0.3 is 11.9 Å². The highest BCUT2D eigenvalue weighted by molar-refractivity contribution is 5.73. The van der Waals surface area contributed by atoms with Gasteiger partial charge in [0.05, 0.1) is 11.8 Å². The van der Waals surface area contributed by atoms with Crippen molar-refractivity contribution in [2.24, 2.45) is 11.8 Å². The van der Waals surface area contributed by atoms with Crippen LogP contribution >= 0.6 is 0 Å². The van der Waals surface area contributed by atoms with Crippen LogP contribution in [0.25, 0.3) is 0 Å². The molecule has 0 saturated carbocycles. The Kier molecular flexibility index (Phi) is 11.1. The molecular formula is C16H30O4. The van der Waals surface area contributed by atoms with E-state index in [-0.39, 0.29) is 6.42 Å². The highest BCUT2D eigenvalue weighted by atomic mass is 16.4. The summed E-state index contributed by atoms with van der Waals surface area (Å²) < 4.78 is 0. The molecule has 0 aliphatic heterocycles. The Morgan fingerprint density at radius 2 is 1.35 bits per heavy atom. The summed E-state index contributed by atoms with van der Waals surface area (Å²) in [4.78, 5) is 21.9. The van der Waals surface area contributed by atoms with Gasteiger partial charge in [0.2, 0.25) is 0 Å². The van der Waals surface area contributed by atoms with Crippen molar-refractivity contribution >= 4 is 11.9 Å². The average Bonchev–Trinajstić information content (AvgIpc) is 2.39. The molecule has 118 valence electrons. The lowest BCUT2D eigenvalue weighted by atomic mass is 9.91. The van der Waals surface area contributed by atoms with Gasteiger partial charge in [-0.3, -0.25) is 9.59 Å². The van der Waals surface area contributed by atoms with Crippen molar-refractivity contribution in [3.63, 3.8) is 0 Å². The molecule has 0 aliphatic carbocycles. The third-order valence-electron chi connectivity index (χ3n) is 3.82. The van der Waals surface area contributed by atoms with Gasteiger partial charge in [-0.2, -0.15) is 0 Å². The normalized spacial score (nSPS) is 13.9. The van der Waals surface area contributed by atoms with Crippen molar-refractivity contribution in [1.82, 2.24) is 0 Å². The molecule has 0 fully saturated rings. The molecule has 0 saturated heterocycles. The van der Waals surface area contributed by atoms with E-state index in [1.807, 2.05) is 0 Å². The Balaban J connectivity index is 3.71. The zero-order valence-electron chi connectivity index (χ0n) is 12.9. The topological polar surface area (TPSA) is 74.6 Å². The van der Waals surface area contributed by atoms with E-state index in [2.05, 4.69) is 6.92 Å². The number of hydrogen-bond donors (Lipinski definition) is 2. The number of carboxylic acid groups (broad SMARTS) is 2. The van der Waals surface area contributed by atoms with Crippen molar-refractivity contribution in [3.8, 4) is 0 Å². The fourth-order valence-corrected chi connectivity index (χ4v) is 2.39. The fourth-order valence-electron chi connectivity index (χ4n) is 2.39. The van der Waals surface area contributed by atoms with Crippen molar-refractivity contribution in [1.29, 1.82) is 0 Å². The van der Waals surface area contributed by atoms with Crippen LogP contribution in [0.2, 0.25) is 0 Å². The maximum atomic E-state index is 11.1. The fraction of sp³-hybridized carbons (Fsp3) is 0.875. The summed E-state index contributed by atoms with van der Waals surface area (Å²) >= 11 is 0. The number of aliphatic carboxylic acids is 2. The van der Waals surface area contributed by atoms with Crippen LogP contribution in [0.15, 0.2) is 0 Å². The minimum absolute atomic E-state index is 0.237. The van der Waals surface area contributed by atoms with Crippen LogP contribution in [0.4, 0.5) is 0 Å². The molecule has 20 heavy (non-hydrogen) atoms. The maximum absolute atomic E-state index is 11.1. The lowest BCUT2D eigenvalue weighted by Gasteiger charge is -2.14. The van der Waals surface area contributed by atoms with Crippen LogP contribution < -0.4 is 0 Å². The lowest BCUT2D eigenvalue weighted by molar-refractivity contribution is -0.145. The summed E-state index contributed by atoms with van der Waals surface area (Å²) in [6, 6.07) is 0. The van der Waals surface area contributed by atoms with E-state index in [4.69, 9.17) is 10.2 Å². The molecule has 0 aliphatic rings. The van der Waals surface area contributed by atoms with Crippen LogP contribution in [0.3, 0.4) is 0 Å². The van der Waals surface area contributed by atoms with Gasteiger partial charge in [-0.15, -0.1) is 0 Å². The first-order chi connectivity index (χ1) is 9.49. The highest BCUT2D eigenvalue weighted by Gasteiger charge is 2.23. The minimum atomic E-state index is -0.910. The van der Waals surface area contributed by atoms with E-state index in [1.54, 1.807) is 6.92 Å². The van der Waals surface area contributed by atoms with E-state index in [0.29, 0.717) is 6.42 Å². The van der Waals surface area contributed by atoms with E-state index < -0.39 is 23.8 Å². The number of carboxylic acids is 2. The third-order valence-corrected chi connectivity index (χ3v) is 3.82. The molecule has 0 bridgehead atoms. The van der Waals surface area contributed by atoms with E-state index in [9.17, 15) is 9.59 Å². The first-order valence-electron chi connectivity index (χ1n) is 7.94. The van der Waals surface area contributed by atoms with Crippen LogP contribution in [0.5, 0.6) is 0 Å². The van der Waals surface area contributed by atoms with Gasteiger partial charge in [0.25, 0.3) is 0 Å². The molecule has 0 heterocycles. The van der Waals surface area contributed by atoms with Gasteiger partial charge < -0.3 is 10.2 Å². The number of unbranched alkanes of at least 4 members (excludes halogenated alkanes) is 7. The molecular weight excluding hydrogens is 256 g/mol. The SMILES string of the molecule is CCCCCCCCCCC(CC(C)C(=O)O)C(=O)O. The molecule has 2 N–H and O–H groups in total. The Morgan fingerprint density at radius 3 is 1.80 bits per heavy atom. The molecule has 0 spiro atoms. The van der Waals surface area contributed by atoms with Crippen LogP contribution in [0, 0.1) is 11.8 Å². The Bertz CT molecular complexity index is 276. The van der Waals surface area contributed by atoms with Gasteiger partial charge in [0.15, 0.2) is 0 Å². The first-order valence-corrected chi connectivity index (χ1v) is 7.94. The molecule has 0 rings (SSSR count). The van der Waals surface area contributed by atoms with Crippen molar-refractivity contribution < 1.29 is 19.8 Å². The monoisotopic (exact) mass is 286 g/mol. The van der Waals surface area contributed by atoms with Crippen LogP contribution in [-0.2, 0) is 9.59 Å². The maximum Gasteiger partial charge on any atom is 0.306 e. The van der Waals surface area contributed by atoms with Crippen molar-refractivity contribution in [2.45, 2.75) is 78.1 Å². The molecule has 0 aromatic rings. The van der Waals surface area contributed by atoms with Gasteiger partial charge in [-0.05, 0) is 12.8 Å². The van der Waals surface area contributed by atoms with E-state index in [0.717, 1.165) is 19.3 Å².